The molecule has 0 radical (unpaired) electrons. The van der Waals surface area contributed by atoms with E-state index in [2.05, 4.69) is 26.6 Å². The lowest BCUT2D eigenvalue weighted by Gasteiger charge is -2.09. The van der Waals surface area contributed by atoms with Crippen LogP contribution < -0.4 is 15.4 Å². The van der Waals surface area contributed by atoms with E-state index >= 15 is 0 Å². The second-order valence-electron chi connectivity index (χ2n) is 4.38. The molecule has 22 heavy (non-hydrogen) atoms. The maximum atomic E-state index is 11.7. The summed E-state index contributed by atoms with van der Waals surface area (Å²) >= 11 is 3.36. The molecule has 0 aliphatic rings. The van der Waals surface area contributed by atoms with Crippen LogP contribution in [0.25, 0.3) is 0 Å². The van der Waals surface area contributed by atoms with Crippen LogP contribution in [0.4, 0.5) is 10.5 Å². The summed E-state index contributed by atoms with van der Waals surface area (Å²) in [6.07, 6.45) is 0. The van der Waals surface area contributed by atoms with Crippen LogP contribution in [0.2, 0.25) is 0 Å². The second kappa shape index (κ2) is 8.05. The van der Waals surface area contributed by atoms with E-state index in [4.69, 9.17) is 10.00 Å². The highest BCUT2D eigenvalue weighted by Gasteiger charge is 2.02. The van der Waals surface area contributed by atoms with Gasteiger partial charge in [0.25, 0.3) is 0 Å². The zero-order valence-electron chi connectivity index (χ0n) is 11.7. The van der Waals surface area contributed by atoms with E-state index in [0.29, 0.717) is 24.4 Å². The third-order valence-electron chi connectivity index (χ3n) is 2.70. The van der Waals surface area contributed by atoms with E-state index in [1.165, 1.54) is 0 Å². The molecule has 2 aromatic carbocycles. The molecule has 0 saturated carbocycles. The lowest BCUT2D eigenvalue weighted by molar-refractivity contribution is 0.247. The highest BCUT2D eigenvalue weighted by atomic mass is 79.9. The SMILES string of the molecule is N#Cc1cccc(NC(=O)NCCOc2cccc(Br)c2)c1. The molecule has 0 unspecified atom stereocenters. The Labute approximate surface area is 137 Å². The fraction of sp³-hybridized carbons (Fsp3) is 0.125. The van der Waals surface area contributed by atoms with Crippen LogP contribution in [0.5, 0.6) is 5.75 Å². The minimum absolute atomic E-state index is 0.340. The lowest BCUT2D eigenvalue weighted by atomic mass is 10.2. The number of urea groups is 1. The molecule has 0 aliphatic carbocycles. The molecule has 0 saturated heterocycles. The molecule has 0 heterocycles. The van der Waals surface area contributed by atoms with Crippen molar-refractivity contribution in [2.45, 2.75) is 0 Å². The number of hydrogen-bond acceptors (Lipinski definition) is 3. The minimum atomic E-state index is -0.340. The van der Waals surface area contributed by atoms with Crippen LogP contribution in [0, 0.1) is 11.3 Å². The van der Waals surface area contributed by atoms with Gasteiger partial charge in [-0.15, -0.1) is 0 Å². The summed E-state index contributed by atoms with van der Waals surface area (Å²) in [6.45, 7) is 0.735. The summed E-state index contributed by atoms with van der Waals surface area (Å²) in [5.41, 5.74) is 1.07. The average Bonchev–Trinajstić information content (AvgIpc) is 2.52. The van der Waals surface area contributed by atoms with Crippen LogP contribution >= 0.6 is 15.9 Å². The van der Waals surface area contributed by atoms with Gasteiger partial charge < -0.3 is 15.4 Å². The normalized spacial score (nSPS) is 9.64. The van der Waals surface area contributed by atoms with Gasteiger partial charge in [-0.25, -0.2) is 4.79 Å². The number of benzene rings is 2. The highest BCUT2D eigenvalue weighted by Crippen LogP contribution is 2.17. The van der Waals surface area contributed by atoms with E-state index in [9.17, 15) is 4.79 Å². The van der Waals surface area contributed by atoms with Crippen LogP contribution in [0.15, 0.2) is 53.0 Å². The second-order valence-corrected chi connectivity index (χ2v) is 5.30. The Kier molecular flexibility index (Phi) is 5.81. The molecule has 0 fully saturated rings. The summed E-state index contributed by atoms with van der Waals surface area (Å²) in [5.74, 6) is 0.735. The number of anilines is 1. The van der Waals surface area contributed by atoms with Crippen molar-refractivity contribution in [3.05, 3.63) is 58.6 Å². The Balaban J connectivity index is 1.73. The number of carbonyl (C=O) groups excluding carboxylic acids is 1. The van der Waals surface area contributed by atoms with Crippen molar-refractivity contribution in [2.75, 3.05) is 18.5 Å². The summed E-state index contributed by atoms with van der Waals surface area (Å²) in [4.78, 5) is 11.7. The third-order valence-corrected chi connectivity index (χ3v) is 3.20. The fourth-order valence-corrected chi connectivity index (χ4v) is 2.11. The number of halogens is 1. The van der Waals surface area contributed by atoms with Crippen molar-refractivity contribution in [2.24, 2.45) is 0 Å². The predicted molar refractivity (Wildman–Crippen MR) is 87.8 cm³/mol. The van der Waals surface area contributed by atoms with Crippen molar-refractivity contribution < 1.29 is 9.53 Å². The number of nitrogens with zero attached hydrogens (tertiary/aromatic N) is 1. The maximum Gasteiger partial charge on any atom is 0.319 e. The van der Waals surface area contributed by atoms with Crippen molar-refractivity contribution in [3.63, 3.8) is 0 Å². The van der Waals surface area contributed by atoms with Crippen LogP contribution in [-0.4, -0.2) is 19.2 Å². The topological polar surface area (TPSA) is 74.2 Å². The monoisotopic (exact) mass is 359 g/mol. The standard InChI is InChI=1S/C16H14BrN3O2/c17-13-4-2-6-15(10-13)22-8-7-19-16(21)20-14-5-1-3-12(9-14)11-18/h1-6,9-10H,7-8H2,(H2,19,20,21). The van der Waals surface area contributed by atoms with Crippen molar-refractivity contribution in [1.82, 2.24) is 5.32 Å². The van der Waals surface area contributed by atoms with Gasteiger partial charge in [0.05, 0.1) is 18.2 Å². The average molecular weight is 360 g/mol. The quantitative estimate of drug-likeness (QED) is 0.802. The summed E-state index contributed by atoms with van der Waals surface area (Å²) in [6, 6.07) is 15.9. The zero-order valence-corrected chi connectivity index (χ0v) is 13.3. The van der Waals surface area contributed by atoms with Gasteiger partial charge in [0.2, 0.25) is 0 Å². The van der Waals surface area contributed by atoms with Gasteiger partial charge in [0, 0.05) is 10.2 Å². The van der Waals surface area contributed by atoms with Crippen molar-refractivity contribution >= 4 is 27.6 Å². The van der Waals surface area contributed by atoms with Gasteiger partial charge in [-0.2, -0.15) is 5.26 Å². The number of nitriles is 1. The zero-order chi connectivity index (χ0) is 15.8. The van der Waals surface area contributed by atoms with Crippen LogP contribution in [0.1, 0.15) is 5.56 Å². The first-order chi connectivity index (χ1) is 10.7. The minimum Gasteiger partial charge on any atom is -0.492 e. The molecule has 5 nitrogen and oxygen atoms in total. The summed E-state index contributed by atoms with van der Waals surface area (Å²) in [7, 11) is 0. The number of carbonyl (C=O) groups is 1. The van der Waals surface area contributed by atoms with Gasteiger partial charge in [0.15, 0.2) is 0 Å². The number of amides is 2. The lowest BCUT2D eigenvalue weighted by Crippen LogP contribution is -2.32. The number of ether oxygens (including phenoxy) is 1. The first kappa shape index (κ1) is 15.9. The Morgan fingerprint density at radius 1 is 1.23 bits per heavy atom. The van der Waals surface area contributed by atoms with Crippen molar-refractivity contribution in [3.8, 4) is 11.8 Å². The van der Waals surface area contributed by atoms with Crippen LogP contribution in [-0.2, 0) is 0 Å². The van der Waals surface area contributed by atoms with Gasteiger partial charge in [0.1, 0.15) is 12.4 Å². The van der Waals surface area contributed by atoms with E-state index in [1.807, 2.05) is 30.3 Å². The van der Waals surface area contributed by atoms with E-state index in [0.717, 1.165) is 10.2 Å². The first-order valence-corrected chi connectivity index (χ1v) is 7.40. The predicted octanol–water partition coefficient (Wildman–Crippen LogP) is 3.52. The Hall–Kier alpha value is -2.52. The molecule has 0 aliphatic heterocycles. The molecule has 6 heteroatoms. The highest BCUT2D eigenvalue weighted by molar-refractivity contribution is 9.10. The van der Waals surface area contributed by atoms with Gasteiger partial charge in [-0.1, -0.05) is 28.1 Å². The molecule has 0 spiro atoms. The number of nitrogens with one attached hydrogen (secondary N) is 2. The molecular weight excluding hydrogens is 346 g/mol. The Morgan fingerprint density at radius 2 is 2.05 bits per heavy atom. The third kappa shape index (κ3) is 5.11. The first-order valence-electron chi connectivity index (χ1n) is 6.61. The molecule has 0 bridgehead atoms. The Morgan fingerprint density at radius 3 is 2.82 bits per heavy atom. The molecule has 2 N–H and O–H groups in total. The molecule has 0 aromatic heterocycles. The Bertz CT molecular complexity index is 698. The summed E-state index contributed by atoms with van der Waals surface area (Å²) < 4.78 is 6.45. The van der Waals surface area contributed by atoms with E-state index in [1.54, 1.807) is 24.3 Å². The van der Waals surface area contributed by atoms with Gasteiger partial charge >= 0.3 is 6.03 Å². The molecule has 2 amide bonds. The molecular formula is C16H14BrN3O2. The van der Waals surface area contributed by atoms with Crippen molar-refractivity contribution in [1.29, 1.82) is 5.26 Å². The fourth-order valence-electron chi connectivity index (χ4n) is 1.73. The van der Waals surface area contributed by atoms with Gasteiger partial charge in [-0.05, 0) is 36.4 Å². The largest absolute Gasteiger partial charge is 0.492 e. The van der Waals surface area contributed by atoms with Crippen LogP contribution in [0.3, 0.4) is 0 Å². The molecule has 2 aromatic rings. The molecule has 2 rings (SSSR count). The number of hydrogen-bond donors (Lipinski definition) is 2. The molecule has 0 atom stereocenters. The smallest absolute Gasteiger partial charge is 0.319 e. The van der Waals surface area contributed by atoms with E-state index < -0.39 is 0 Å². The van der Waals surface area contributed by atoms with Gasteiger partial charge in [-0.3, -0.25) is 0 Å². The summed E-state index contributed by atoms with van der Waals surface area (Å²) in [5, 5.41) is 14.1. The van der Waals surface area contributed by atoms with E-state index in [-0.39, 0.29) is 6.03 Å². The maximum absolute atomic E-state index is 11.7. The number of rotatable bonds is 5. The molecule has 112 valence electrons.